The third-order valence-corrected chi connectivity index (χ3v) is 4.81. The van der Waals surface area contributed by atoms with Crippen molar-refractivity contribution in [2.24, 2.45) is 7.05 Å². The first kappa shape index (κ1) is 16.1. The molecule has 0 fully saturated rings. The highest BCUT2D eigenvalue weighted by Gasteiger charge is 2.28. The Morgan fingerprint density at radius 3 is 2.58 bits per heavy atom. The molecule has 1 aliphatic heterocycles. The molecule has 5 nitrogen and oxygen atoms in total. The lowest BCUT2D eigenvalue weighted by atomic mass is 10.0. The Labute approximate surface area is 151 Å². The zero-order valence-electron chi connectivity index (χ0n) is 14.5. The van der Waals surface area contributed by atoms with Crippen molar-refractivity contribution in [2.45, 2.75) is 13.1 Å². The van der Waals surface area contributed by atoms with Crippen LogP contribution < -0.4 is 11.3 Å². The number of carbonyl (C=O) groups excluding carboxylic acids is 1. The highest BCUT2D eigenvalue weighted by molar-refractivity contribution is 5.99. The topological polar surface area (TPSA) is 68.3 Å². The Hall–Kier alpha value is -3.34. The van der Waals surface area contributed by atoms with Crippen LogP contribution in [-0.4, -0.2) is 15.4 Å². The van der Waals surface area contributed by atoms with E-state index in [0.717, 1.165) is 16.7 Å². The maximum absolute atomic E-state index is 12.6. The minimum Gasteiger partial charge on any atom is -0.398 e. The summed E-state index contributed by atoms with van der Waals surface area (Å²) in [6, 6.07) is 16.9. The van der Waals surface area contributed by atoms with Crippen molar-refractivity contribution < 1.29 is 4.79 Å². The molecule has 1 amide bonds. The highest BCUT2D eigenvalue weighted by Crippen LogP contribution is 2.29. The fourth-order valence-corrected chi connectivity index (χ4v) is 3.42. The molecule has 0 radical (unpaired) electrons. The standard InChI is InChI=1S/C21H19N3O2/c1-23-10-4-8-16(20(23)25)15-6-2-5-14(11-15)12-24-13-18-17(21(24)26)7-3-9-19(18)22/h2-11H,12-13,22H2,1H3. The van der Waals surface area contributed by atoms with Gasteiger partial charge in [-0.1, -0.05) is 24.3 Å². The van der Waals surface area contributed by atoms with Gasteiger partial charge in [0.25, 0.3) is 11.5 Å². The summed E-state index contributed by atoms with van der Waals surface area (Å²) >= 11 is 0. The number of nitrogens with two attached hydrogens (primary N) is 1. The second-order valence-electron chi connectivity index (χ2n) is 6.57. The lowest BCUT2D eigenvalue weighted by Gasteiger charge is -2.16. The summed E-state index contributed by atoms with van der Waals surface area (Å²) in [5.74, 6) is -0.00618. The van der Waals surface area contributed by atoms with Gasteiger partial charge in [0.1, 0.15) is 0 Å². The zero-order valence-corrected chi connectivity index (χ0v) is 14.5. The van der Waals surface area contributed by atoms with Crippen LogP contribution in [0.3, 0.4) is 0 Å². The van der Waals surface area contributed by atoms with Crippen molar-refractivity contribution in [2.75, 3.05) is 5.73 Å². The van der Waals surface area contributed by atoms with Crippen LogP contribution >= 0.6 is 0 Å². The molecule has 26 heavy (non-hydrogen) atoms. The third-order valence-electron chi connectivity index (χ3n) is 4.81. The minimum atomic E-state index is -0.0397. The monoisotopic (exact) mass is 345 g/mol. The van der Waals surface area contributed by atoms with Gasteiger partial charge >= 0.3 is 0 Å². The molecule has 3 aromatic rings. The van der Waals surface area contributed by atoms with Gasteiger partial charge in [-0.25, -0.2) is 0 Å². The number of benzene rings is 2. The summed E-state index contributed by atoms with van der Waals surface area (Å²) < 4.78 is 1.56. The molecule has 0 unspecified atom stereocenters. The molecule has 4 rings (SSSR count). The lowest BCUT2D eigenvalue weighted by molar-refractivity contribution is 0.0767. The van der Waals surface area contributed by atoms with E-state index in [1.807, 2.05) is 48.5 Å². The molecule has 2 aromatic carbocycles. The van der Waals surface area contributed by atoms with E-state index in [1.54, 1.807) is 28.8 Å². The van der Waals surface area contributed by atoms with Crippen molar-refractivity contribution in [1.29, 1.82) is 0 Å². The molecule has 2 heterocycles. The first-order chi connectivity index (χ1) is 12.5. The summed E-state index contributed by atoms with van der Waals surface area (Å²) in [4.78, 5) is 26.8. The summed E-state index contributed by atoms with van der Waals surface area (Å²) in [5.41, 5.74) is 10.7. The summed E-state index contributed by atoms with van der Waals surface area (Å²) in [7, 11) is 1.74. The van der Waals surface area contributed by atoms with Crippen LogP contribution in [0.25, 0.3) is 11.1 Å². The first-order valence-electron chi connectivity index (χ1n) is 8.46. The quantitative estimate of drug-likeness (QED) is 0.742. The van der Waals surface area contributed by atoms with Crippen LogP contribution in [-0.2, 0) is 20.1 Å². The molecule has 0 atom stereocenters. The number of amides is 1. The molecular weight excluding hydrogens is 326 g/mol. The molecule has 1 aliphatic rings. The Morgan fingerprint density at radius 2 is 1.77 bits per heavy atom. The number of anilines is 1. The zero-order chi connectivity index (χ0) is 18.3. The number of aromatic nitrogens is 1. The Kier molecular flexibility index (Phi) is 3.84. The smallest absolute Gasteiger partial charge is 0.258 e. The number of fused-ring (bicyclic) bond motifs is 1. The number of pyridine rings is 1. The van der Waals surface area contributed by atoms with E-state index < -0.39 is 0 Å². The predicted molar refractivity (Wildman–Crippen MR) is 102 cm³/mol. The van der Waals surface area contributed by atoms with Crippen LogP contribution in [0.1, 0.15) is 21.5 Å². The molecular formula is C21H19N3O2. The van der Waals surface area contributed by atoms with Gasteiger partial charge in [-0.05, 0) is 41.5 Å². The minimum absolute atomic E-state index is 0.00618. The van der Waals surface area contributed by atoms with Crippen molar-refractivity contribution in [3.8, 4) is 11.1 Å². The van der Waals surface area contributed by atoms with Crippen molar-refractivity contribution >= 4 is 11.6 Å². The van der Waals surface area contributed by atoms with Crippen LogP contribution in [0.4, 0.5) is 5.69 Å². The number of hydrogen-bond donors (Lipinski definition) is 1. The third kappa shape index (κ3) is 2.67. The largest absolute Gasteiger partial charge is 0.398 e. The van der Waals surface area contributed by atoms with E-state index in [4.69, 9.17) is 5.73 Å². The normalized spacial score (nSPS) is 13.1. The van der Waals surface area contributed by atoms with Crippen molar-refractivity contribution in [1.82, 2.24) is 9.47 Å². The van der Waals surface area contributed by atoms with Gasteiger partial charge in [-0.15, -0.1) is 0 Å². The molecule has 0 aliphatic carbocycles. The number of carbonyl (C=O) groups is 1. The lowest BCUT2D eigenvalue weighted by Crippen LogP contribution is -2.23. The van der Waals surface area contributed by atoms with Crippen LogP contribution in [0.15, 0.2) is 65.6 Å². The van der Waals surface area contributed by atoms with E-state index in [1.165, 1.54) is 0 Å². The fourth-order valence-electron chi connectivity index (χ4n) is 3.42. The van der Waals surface area contributed by atoms with Gasteiger partial charge in [-0.2, -0.15) is 0 Å². The maximum Gasteiger partial charge on any atom is 0.258 e. The van der Waals surface area contributed by atoms with Crippen LogP contribution in [0.2, 0.25) is 0 Å². The van der Waals surface area contributed by atoms with E-state index in [-0.39, 0.29) is 11.5 Å². The van der Waals surface area contributed by atoms with Crippen LogP contribution in [0, 0.1) is 0 Å². The summed E-state index contributed by atoms with van der Waals surface area (Å²) in [6.45, 7) is 0.992. The first-order valence-corrected chi connectivity index (χ1v) is 8.46. The number of aryl methyl sites for hydroxylation is 1. The highest BCUT2D eigenvalue weighted by atomic mass is 16.2. The van der Waals surface area contributed by atoms with Crippen molar-refractivity contribution in [3.63, 3.8) is 0 Å². The van der Waals surface area contributed by atoms with Gasteiger partial charge in [0.2, 0.25) is 0 Å². The molecule has 0 saturated carbocycles. The molecule has 5 heteroatoms. The van der Waals surface area contributed by atoms with Gasteiger partial charge < -0.3 is 15.2 Å². The number of hydrogen-bond acceptors (Lipinski definition) is 3. The average molecular weight is 345 g/mol. The van der Waals surface area contributed by atoms with E-state index in [9.17, 15) is 9.59 Å². The molecule has 0 bridgehead atoms. The molecule has 0 spiro atoms. The molecule has 0 saturated heterocycles. The molecule has 130 valence electrons. The fraction of sp³-hybridized carbons (Fsp3) is 0.143. The van der Waals surface area contributed by atoms with Gasteiger partial charge in [0.15, 0.2) is 0 Å². The Bertz CT molecular complexity index is 1070. The molecule has 1 aromatic heterocycles. The van der Waals surface area contributed by atoms with Gasteiger partial charge in [0, 0.05) is 48.7 Å². The van der Waals surface area contributed by atoms with E-state index in [0.29, 0.717) is 29.9 Å². The number of nitrogens with zero attached hydrogens (tertiary/aromatic N) is 2. The SMILES string of the molecule is Cn1cccc(-c2cccc(CN3Cc4c(N)cccc4C3=O)c2)c1=O. The average Bonchev–Trinajstić information content (AvgIpc) is 2.95. The van der Waals surface area contributed by atoms with Crippen molar-refractivity contribution in [3.05, 3.63) is 87.8 Å². The summed E-state index contributed by atoms with van der Waals surface area (Å²) in [5, 5.41) is 0. The Balaban J connectivity index is 1.63. The van der Waals surface area contributed by atoms with Gasteiger partial charge in [0.05, 0.1) is 0 Å². The van der Waals surface area contributed by atoms with Crippen LogP contribution in [0.5, 0.6) is 0 Å². The predicted octanol–water partition coefficient (Wildman–Crippen LogP) is 2.79. The number of nitrogen functional groups attached to an aromatic ring is 1. The second kappa shape index (κ2) is 6.19. The Morgan fingerprint density at radius 1 is 1.00 bits per heavy atom. The van der Waals surface area contributed by atoms with E-state index in [2.05, 4.69) is 0 Å². The molecule has 2 N–H and O–H groups in total. The second-order valence-corrected chi connectivity index (χ2v) is 6.57. The maximum atomic E-state index is 12.6. The summed E-state index contributed by atoms with van der Waals surface area (Å²) in [6.07, 6.45) is 1.74. The van der Waals surface area contributed by atoms with Gasteiger partial charge in [-0.3, -0.25) is 9.59 Å². The number of rotatable bonds is 3. The van der Waals surface area contributed by atoms with E-state index >= 15 is 0 Å².